The molecule has 1 heterocycles. The molecule has 7 heteroatoms. The summed E-state index contributed by atoms with van der Waals surface area (Å²) in [7, 11) is 0. The van der Waals surface area contributed by atoms with E-state index in [1.54, 1.807) is 12.1 Å². The van der Waals surface area contributed by atoms with Gasteiger partial charge in [-0.3, -0.25) is 4.79 Å². The van der Waals surface area contributed by atoms with Crippen LogP contribution in [0, 0.1) is 5.41 Å². The summed E-state index contributed by atoms with van der Waals surface area (Å²) in [6, 6.07) is 6.61. The van der Waals surface area contributed by atoms with Crippen molar-refractivity contribution < 1.29 is 9.32 Å². The summed E-state index contributed by atoms with van der Waals surface area (Å²) in [5.41, 5.74) is 6.43. The lowest BCUT2D eigenvalue weighted by Crippen LogP contribution is -2.49. The summed E-state index contributed by atoms with van der Waals surface area (Å²) in [4.78, 5) is 16.2. The molecule has 0 aliphatic carbocycles. The van der Waals surface area contributed by atoms with Gasteiger partial charge in [0.2, 0.25) is 17.6 Å². The molecule has 2 rings (SSSR count). The summed E-state index contributed by atoms with van der Waals surface area (Å²) >= 11 is 5.85. The Bertz CT molecular complexity index is 661. The number of carbonyl (C=O) groups is 1. The van der Waals surface area contributed by atoms with Crippen LogP contribution in [0.25, 0.3) is 11.4 Å². The van der Waals surface area contributed by atoms with E-state index in [9.17, 15) is 4.79 Å². The Balaban J connectivity index is 1.88. The number of benzene rings is 1. The average Bonchev–Trinajstić information content (AvgIpc) is 2.95. The molecule has 6 nitrogen and oxygen atoms in total. The maximum atomic E-state index is 11.9. The molecule has 2 aromatic rings. The van der Waals surface area contributed by atoms with Crippen LogP contribution in [0.4, 0.5) is 0 Å². The van der Waals surface area contributed by atoms with Crippen molar-refractivity contribution in [3.05, 3.63) is 35.2 Å². The van der Waals surface area contributed by atoms with Gasteiger partial charge in [-0.05, 0) is 29.7 Å². The van der Waals surface area contributed by atoms with Crippen LogP contribution in [0.1, 0.15) is 26.7 Å². The van der Waals surface area contributed by atoms with Gasteiger partial charge in [-0.1, -0.05) is 37.5 Å². The van der Waals surface area contributed by atoms with Crippen molar-refractivity contribution in [3.8, 4) is 11.4 Å². The number of nitrogens with zero attached hydrogens (tertiary/aromatic N) is 2. The lowest BCUT2D eigenvalue weighted by atomic mass is 9.87. The fraction of sp³-hybridized carbons (Fsp3) is 0.438. The van der Waals surface area contributed by atoms with Crippen molar-refractivity contribution in [1.29, 1.82) is 0 Å². The molecule has 1 aromatic heterocycles. The lowest BCUT2D eigenvalue weighted by molar-refractivity contribution is -0.124. The summed E-state index contributed by atoms with van der Waals surface area (Å²) in [6.45, 7) is 6.17. The Labute approximate surface area is 140 Å². The highest BCUT2D eigenvalue weighted by Crippen LogP contribution is 2.19. The van der Waals surface area contributed by atoms with Gasteiger partial charge in [0.05, 0.1) is 6.04 Å². The SMILES string of the molecule is CC(C)(C)[C@H](N)C(=O)NCCc1nc(-c2ccc(Cl)cc2)no1. The number of hydrogen-bond acceptors (Lipinski definition) is 5. The minimum Gasteiger partial charge on any atom is -0.354 e. The van der Waals surface area contributed by atoms with Crippen LogP contribution in [-0.2, 0) is 11.2 Å². The first-order chi connectivity index (χ1) is 10.8. The van der Waals surface area contributed by atoms with E-state index in [4.69, 9.17) is 21.9 Å². The third-order valence-electron chi connectivity index (χ3n) is 3.42. The third-order valence-corrected chi connectivity index (χ3v) is 3.68. The van der Waals surface area contributed by atoms with Gasteiger partial charge in [-0.2, -0.15) is 4.98 Å². The number of nitrogens with two attached hydrogens (primary N) is 1. The van der Waals surface area contributed by atoms with Gasteiger partial charge < -0.3 is 15.6 Å². The number of rotatable bonds is 5. The quantitative estimate of drug-likeness (QED) is 0.874. The highest BCUT2D eigenvalue weighted by atomic mass is 35.5. The van der Waals surface area contributed by atoms with Gasteiger partial charge in [0.15, 0.2) is 0 Å². The highest BCUT2D eigenvalue weighted by Gasteiger charge is 2.27. The molecule has 0 saturated heterocycles. The Hall–Kier alpha value is -1.92. The van der Waals surface area contributed by atoms with E-state index in [-0.39, 0.29) is 11.3 Å². The van der Waals surface area contributed by atoms with Crippen molar-refractivity contribution in [2.24, 2.45) is 11.1 Å². The Morgan fingerprint density at radius 2 is 2.00 bits per heavy atom. The molecular weight excluding hydrogens is 316 g/mol. The van der Waals surface area contributed by atoms with E-state index in [1.165, 1.54) is 0 Å². The maximum absolute atomic E-state index is 11.9. The zero-order valence-electron chi connectivity index (χ0n) is 13.5. The molecule has 0 aliphatic rings. The Morgan fingerprint density at radius 3 is 2.61 bits per heavy atom. The third kappa shape index (κ3) is 4.77. The number of nitrogens with one attached hydrogen (secondary N) is 1. The molecule has 0 aliphatic heterocycles. The van der Waals surface area contributed by atoms with Crippen molar-refractivity contribution in [2.75, 3.05) is 6.54 Å². The molecule has 0 unspecified atom stereocenters. The molecule has 0 fully saturated rings. The largest absolute Gasteiger partial charge is 0.354 e. The maximum Gasteiger partial charge on any atom is 0.237 e. The standard InChI is InChI=1S/C16H21ClN4O2/c1-16(2,3)13(18)15(22)19-9-8-12-20-14(21-23-12)10-4-6-11(17)7-5-10/h4-7,13H,8-9,18H2,1-3H3,(H,19,22)/t13-/m1/s1. The van der Waals surface area contributed by atoms with Crippen LogP contribution in [0.5, 0.6) is 0 Å². The fourth-order valence-corrected chi connectivity index (χ4v) is 1.99. The average molecular weight is 337 g/mol. The number of carbonyl (C=O) groups excluding carboxylic acids is 1. The zero-order chi connectivity index (χ0) is 17.0. The molecule has 23 heavy (non-hydrogen) atoms. The van der Waals surface area contributed by atoms with Gasteiger partial charge in [-0.25, -0.2) is 0 Å². The summed E-state index contributed by atoms with van der Waals surface area (Å²) in [6.07, 6.45) is 0.448. The van der Waals surface area contributed by atoms with E-state index >= 15 is 0 Å². The van der Waals surface area contributed by atoms with Gasteiger partial charge in [0.1, 0.15) is 0 Å². The topological polar surface area (TPSA) is 94.0 Å². The van der Waals surface area contributed by atoms with Crippen molar-refractivity contribution in [2.45, 2.75) is 33.2 Å². The Kier molecular flexibility index (Phi) is 5.38. The second-order valence-corrected chi connectivity index (χ2v) is 6.84. The number of halogens is 1. The first-order valence-corrected chi connectivity index (χ1v) is 7.77. The molecule has 0 radical (unpaired) electrons. The minimum atomic E-state index is -0.560. The molecule has 1 aromatic carbocycles. The van der Waals surface area contributed by atoms with Crippen molar-refractivity contribution >= 4 is 17.5 Å². The Morgan fingerprint density at radius 1 is 1.35 bits per heavy atom. The molecular formula is C16H21ClN4O2. The van der Waals surface area contributed by atoms with E-state index in [0.717, 1.165) is 5.56 Å². The lowest BCUT2D eigenvalue weighted by Gasteiger charge is -2.25. The molecule has 1 atom stereocenters. The van der Waals surface area contributed by atoms with Gasteiger partial charge in [0, 0.05) is 23.6 Å². The molecule has 3 N–H and O–H groups in total. The first kappa shape index (κ1) is 17.4. The number of aromatic nitrogens is 2. The van der Waals surface area contributed by atoms with E-state index in [0.29, 0.717) is 29.7 Å². The zero-order valence-corrected chi connectivity index (χ0v) is 14.2. The fourth-order valence-electron chi connectivity index (χ4n) is 1.87. The highest BCUT2D eigenvalue weighted by molar-refractivity contribution is 6.30. The van der Waals surface area contributed by atoms with E-state index in [2.05, 4.69) is 15.5 Å². The predicted octanol–water partition coefficient (Wildman–Crippen LogP) is 2.42. The monoisotopic (exact) mass is 336 g/mol. The number of hydrogen-bond donors (Lipinski definition) is 2. The van der Waals surface area contributed by atoms with Crippen LogP contribution in [-0.4, -0.2) is 28.6 Å². The second-order valence-electron chi connectivity index (χ2n) is 6.40. The summed E-state index contributed by atoms with van der Waals surface area (Å²) in [5.74, 6) is 0.768. The van der Waals surface area contributed by atoms with Crippen LogP contribution < -0.4 is 11.1 Å². The molecule has 1 amide bonds. The number of amides is 1. The molecule has 0 bridgehead atoms. The van der Waals surface area contributed by atoms with Crippen LogP contribution >= 0.6 is 11.6 Å². The van der Waals surface area contributed by atoms with Crippen LogP contribution in [0.2, 0.25) is 5.02 Å². The van der Waals surface area contributed by atoms with E-state index < -0.39 is 6.04 Å². The summed E-state index contributed by atoms with van der Waals surface area (Å²) < 4.78 is 5.18. The van der Waals surface area contributed by atoms with E-state index in [1.807, 2.05) is 32.9 Å². The van der Waals surface area contributed by atoms with Gasteiger partial charge >= 0.3 is 0 Å². The van der Waals surface area contributed by atoms with Crippen LogP contribution in [0.15, 0.2) is 28.8 Å². The normalized spacial score (nSPS) is 12.9. The smallest absolute Gasteiger partial charge is 0.237 e. The first-order valence-electron chi connectivity index (χ1n) is 7.39. The second kappa shape index (κ2) is 7.10. The van der Waals surface area contributed by atoms with Crippen LogP contribution in [0.3, 0.4) is 0 Å². The molecule has 0 saturated carbocycles. The van der Waals surface area contributed by atoms with Crippen molar-refractivity contribution in [3.63, 3.8) is 0 Å². The molecule has 124 valence electrons. The van der Waals surface area contributed by atoms with Crippen molar-refractivity contribution in [1.82, 2.24) is 15.5 Å². The van der Waals surface area contributed by atoms with Gasteiger partial charge in [-0.15, -0.1) is 0 Å². The minimum absolute atomic E-state index is 0.185. The predicted molar refractivity (Wildman–Crippen MR) is 88.9 cm³/mol. The molecule has 0 spiro atoms. The van der Waals surface area contributed by atoms with Gasteiger partial charge in [0.25, 0.3) is 0 Å². The summed E-state index contributed by atoms with van der Waals surface area (Å²) in [5, 5.41) is 7.35.